The fraction of sp³-hybridized carbons (Fsp3) is 0.700. The summed E-state index contributed by atoms with van der Waals surface area (Å²) in [7, 11) is 0. The highest BCUT2D eigenvalue weighted by Gasteiger charge is 2.24. The van der Waals surface area contributed by atoms with Gasteiger partial charge in [0.2, 0.25) is 5.24 Å². The molecule has 0 aromatic carbocycles. The van der Waals surface area contributed by atoms with Crippen LogP contribution in [0.5, 0.6) is 0 Å². The normalized spacial score (nSPS) is 28.8. The average Bonchev–Trinajstić information content (AvgIpc) is 2.36. The minimum Gasteiger partial charge on any atom is -0.281 e. The van der Waals surface area contributed by atoms with Crippen molar-refractivity contribution in [2.24, 2.45) is 11.8 Å². The van der Waals surface area contributed by atoms with Crippen LogP contribution in [-0.4, -0.2) is 5.24 Å². The summed E-state index contributed by atoms with van der Waals surface area (Å²) in [6.07, 6.45) is 7.18. The highest BCUT2D eigenvalue weighted by atomic mass is 35.5. The van der Waals surface area contributed by atoms with Crippen LogP contribution in [0.1, 0.15) is 32.1 Å². The van der Waals surface area contributed by atoms with Gasteiger partial charge in [-0.2, -0.15) is 0 Å². The van der Waals surface area contributed by atoms with Gasteiger partial charge in [-0.25, -0.2) is 0 Å². The SMILES string of the molecule is C=CCC1CCC(CC(=O)Cl)C1. The summed E-state index contributed by atoms with van der Waals surface area (Å²) in [5, 5.41) is -0.181. The van der Waals surface area contributed by atoms with Gasteiger partial charge < -0.3 is 0 Å². The minimum absolute atomic E-state index is 0.181. The Morgan fingerprint density at radius 3 is 2.75 bits per heavy atom. The van der Waals surface area contributed by atoms with E-state index < -0.39 is 0 Å². The molecule has 0 aromatic rings. The summed E-state index contributed by atoms with van der Waals surface area (Å²) >= 11 is 5.32. The number of carbonyl (C=O) groups excluding carboxylic acids is 1. The van der Waals surface area contributed by atoms with E-state index in [0.717, 1.165) is 25.2 Å². The Morgan fingerprint density at radius 1 is 1.50 bits per heavy atom. The first-order valence-electron chi connectivity index (χ1n) is 4.51. The summed E-state index contributed by atoms with van der Waals surface area (Å²) < 4.78 is 0. The van der Waals surface area contributed by atoms with Crippen LogP contribution < -0.4 is 0 Å². The zero-order chi connectivity index (χ0) is 8.97. The molecule has 2 heteroatoms. The first kappa shape index (κ1) is 9.79. The Balaban J connectivity index is 2.25. The summed E-state index contributed by atoms with van der Waals surface area (Å²) in [5.41, 5.74) is 0. The van der Waals surface area contributed by atoms with Crippen molar-refractivity contribution >= 4 is 16.8 Å². The molecule has 1 aliphatic rings. The Labute approximate surface area is 78.8 Å². The number of hydrogen-bond donors (Lipinski definition) is 0. The molecule has 68 valence electrons. The van der Waals surface area contributed by atoms with E-state index in [9.17, 15) is 4.79 Å². The molecule has 0 aliphatic heterocycles. The Hall–Kier alpha value is -0.300. The number of rotatable bonds is 4. The molecule has 1 fully saturated rings. The highest BCUT2D eigenvalue weighted by Crippen LogP contribution is 2.35. The first-order chi connectivity index (χ1) is 5.72. The Bertz CT molecular complexity index is 177. The molecule has 0 saturated heterocycles. The van der Waals surface area contributed by atoms with Crippen LogP contribution in [0, 0.1) is 11.8 Å². The third-order valence-corrected chi connectivity index (χ3v) is 2.75. The lowest BCUT2D eigenvalue weighted by Gasteiger charge is -2.06. The maximum absolute atomic E-state index is 10.6. The lowest BCUT2D eigenvalue weighted by molar-refractivity contribution is -0.112. The molecule has 1 aliphatic carbocycles. The van der Waals surface area contributed by atoms with Gasteiger partial charge in [0.1, 0.15) is 0 Å². The van der Waals surface area contributed by atoms with Gasteiger partial charge in [0, 0.05) is 6.42 Å². The van der Waals surface area contributed by atoms with E-state index in [1.165, 1.54) is 6.42 Å². The molecule has 2 atom stereocenters. The van der Waals surface area contributed by atoms with Crippen LogP contribution in [0.15, 0.2) is 12.7 Å². The van der Waals surface area contributed by atoms with Crippen molar-refractivity contribution in [3.63, 3.8) is 0 Å². The molecule has 1 nitrogen and oxygen atoms in total. The predicted octanol–water partition coefficient (Wildman–Crippen LogP) is 3.13. The standard InChI is InChI=1S/C10H15ClO/c1-2-3-8-4-5-9(6-8)7-10(11)12/h2,8-9H,1,3-7H2. The lowest BCUT2D eigenvalue weighted by atomic mass is 10.0. The molecule has 0 N–H and O–H groups in total. The minimum atomic E-state index is -0.181. The van der Waals surface area contributed by atoms with Crippen molar-refractivity contribution in [2.45, 2.75) is 32.1 Å². The smallest absolute Gasteiger partial charge is 0.221 e. The summed E-state index contributed by atoms with van der Waals surface area (Å²) in [4.78, 5) is 10.6. The van der Waals surface area contributed by atoms with E-state index in [-0.39, 0.29) is 5.24 Å². The zero-order valence-electron chi connectivity index (χ0n) is 7.26. The lowest BCUT2D eigenvalue weighted by Crippen LogP contribution is -2.00. The van der Waals surface area contributed by atoms with Crippen LogP contribution in [-0.2, 0) is 4.79 Å². The van der Waals surface area contributed by atoms with Crippen molar-refractivity contribution in [1.82, 2.24) is 0 Å². The van der Waals surface area contributed by atoms with E-state index in [0.29, 0.717) is 12.3 Å². The van der Waals surface area contributed by atoms with E-state index >= 15 is 0 Å². The van der Waals surface area contributed by atoms with Gasteiger partial charge in [0.05, 0.1) is 0 Å². The third-order valence-electron chi connectivity index (χ3n) is 2.60. The quantitative estimate of drug-likeness (QED) is 0.487. The molecular weight excluding hydrogens is 172 g/mol. The molecule has 0 bridgehead atoms. The maximum Gasteiger partial charge on any atom is 0.221 e. The number of hydrogen-bond acceptors (Lipinski definition) is 1. The second kappa shape index (κ2) is 4.66. The Morgan fingerprint density at radius 2 is 2.17 bits per heavy atom. The molecule has 0 radical (unpaired) electrons. The summed E-state index contributed by atoms with van der Waals surface area (Å²) in [5.74, 6) is 1.29. The van der Waals surface area contributed by atoms with Gasteiger partial charge >= 0.3 is 0 Å². The van der Waals surface area contributed by atoms with Gasteiger partial charge in [-0.05, 0) is 49.1 Å². The fourth-order valence-corrected chi connectivity index (χ4v) is 2.26. The molecule has 0 spiro atoms. The molecule has 2 unspecified atom stereocenters. The van der Waals surface area contributed by atoms with Crippen molar-refractivity contribution in [3.05, 3.63) is 12.7 Å². The average molecular weight is 187 g/mol. The number of allylic oxidation sites excluding steroid dienone is 1. The predicted molar refractivity (Wildman–Crippen MR) is 51.1 cm³/mol. The molecular formula is C10H15ClO. The van der Waals surface area contributed by atoms with Crippen LogP contribution in [0.3, 0.4) is 0 Å². The van der Waals surface area contributed by atoms with Crippen molar-refractivity contribution in [1.29, 1.82) is 0 Å². The van der Waals surface area contributed by atoms with Gasteiger partial charge in [0.15, 0.2) is 0 Å². The fourth-order valence-electron chi connectivity index (χ4n) is 2.04. The van der Waals surface area contributed by atoms with Crippen LogP contribution >= 0.6 is 11.6 Å². The topological polar surface area (TPSA) is 17.1 Å². The monoisotopic (exact) mass is 186 g/mol. The molecule has 12 heavy (non-hydrogen) atoms. The van der Waals surface area contributed by atoms with Gasteiger partial charge in [-0.15, -0.1) is 6.58 Å². The number of halogens is 1. The molecule has 1 rings (SSSR count). The second-order valence-electron chi connectivity index (χ2n) is 3.63. The third kappa shape index (κ3) is 2.98. The summed E-state index contributed by atoms with van der Waals surface area (Å²) in [6, 6.07) is 0. The van der Waals surface area contributed by atoms with Crippen molar-refractivity contribution < 1.29 is 4.79 Å². The first-order valence-corrected chi connectivity index (χ1v) is 4.89. The van der Waals surface area contributed by atoms with E-state index in [1.807, 2.05) is 6.08 Å². The molecule has 0 aromatic heterocycles. The molecule has 0 amide bonds. The van der Waals surface area contributed by atoms with Crippen LogP contribution in [0.25, 0.3) is 0 Å². The van der Waals surface area contributed by atoms with Crippen LogP contribution in [0.2, 0.25) is 0 Å². The van der Waals surface area contributed by atoms with E-state index in [1.54, 1.807) is 0 Å². The highest BCUT2D eigenvalue weighted by molar-refractivity contribution is 6.63. The zero-order valence-corrected chi connectivity index (χ0v) is 8.02. The molecule has 0 heterocycles. The van der Waals surface area contributed by atoms with Gasteiger partial charge in [-0.3, -0.25) is 4.79 Å². The van der Waals surface area contributed by atoms with Gasteiger partial charge in [-0.1, -0.05) is 6.08 Å². The second-order valence-corrected chi connectivity index (χ2v) is 4.05. The van der Waals surface area contributed by atoms with Gasteiger partial charge in [0.25, 0.3) is 0 Å². The molecule has 1 saturated carbocycles. The maximum atomic E-state index is 10.6. The van der Waals surface area contributed by atoms with Crippen molar-refractivity contribution in [2.75, 3.05) is 0 Å². The van der Waals surface area contributed by atoms with Crippen molar-refractivity contribution in [3.8, 4) is 0 Å². The number of carbonyl (C=O) groups is 1. The van der Waals surface area contributed by atoms with Crippen LogP contribution in [0.4, 0.5) is 0 Å². The van der Waals surface area contributed by atoms with E-state index in [2.05, 4.69) is 6.58 Å². The largest absolute Gasteiger partial charge is 0.281 e. The summed E-state index contributed by atoms with van der Waals surface area (Å²) in [6.45, 7) is 3.72. The van der Waals surface area contributed by atoms with E-state index in [4.69, 9.17) is 11.6 Å². The Kier molecular flexibility index (Phi) is 3.80.